The second-order valence-electron chi connectivity index (χ2n) is 8.04. The molecule has 5 heteroatoms. The molecular weight excluding hydrogens is 364 g/mol. The van der Waals surface area contributed by atoms with Gasteiger partial charge in [-0.05, 0) is 41.3 Å². The molecule has 152 valence electrons. The van der Waals surface area contributed by atoms with Gasteiger partial charge in [-0.15, -0.1) is 0 Å². The molecule has 2 aromatic rings. The first-order valence-corrected chi connectivity index (χ1v) is 9.78. The quantitative estimate of drug-likeness (QED) is 0.708. The Bertz CT molecular complexity index is 925. The van der Waals surface area contributed by atoms with Gasteiger partial charge in [0.05, 0.1) is 12.8 Å². The number of methoxy groups -OCH3 is 1. The molecule has 0 aliphatic carbocycles. The number of ether oxygens (including phenoxy) is 2. The van der Waals surface area contributed by atoms with Crippen molar-refractivity contribution in [1.29, 1.82) is 0 Å². The van der Waals surface area contributed by atoms with E-state index in [2.05, 4.69) is 37.2 Å². The van der Waals surface area contributed by atoms with Crippen LogP contribution in [-0.4, -0.2) is 25.5 Å². The zero-order valence-corrected chi connectivity index (χ0v) is 17.5. The Kier molecular flexibility index (Phi) is 6.37. The minimum atomic E-state index is -0.515. The lowest BCUT2D eigenvalue weighted by molar-refractivity contribution is 0.155. The number of allylic oxidation sites excluding steroid dienone is 1. The fourth-order valence-electron chi connectivity index (χ4n) is 3.12. The molecule has 0 aromatic heterocycles. The molecule has 1 aliphatic heterocycles. The first kappa shape index (κ1) is 20.6. The number of nitrogens with zero attached hydrogens (tertiary/aromatic N) is 1. The van der Waals surface area contributed by atoms with Crippen LogP contribution >= 0.6 is 0 Å². The van der Waals surface area contributed by atoms with Gasteiger partial charge in [0, 0.05) is 17.7 Å². The number of nitrogens with one attached hydrogen (secondary N) is 1. The fraction of sp³-hybridized carbons (Fsp3) is 0.333. The van der Waals surface area contributed by atoms with Crippen LogP contribution in [0.2, 0.25) is 0 Å². The number of dihydropyridines is 1. The van der Waals surface area contributed by atoms with Crippen LogP contribution in [0.5, 0.6) is 5.75 Å². The number of amides is 1. The van der Waals surface area contributed by atoms with Gasteiger partial charge in [0.15, 0.2) is 0 Å². The smallest absolute Gasteiger partial charge is 0.412 e. The van der Waals surface area contributed by atoms with Crippen molar-refractivity contribution in [3.05, 3.63) is 65.7 Å². The van der Waals surface area contributed by atoms with Crippen LogP contribution in [0, 0.1) is 5.41 Å². The van der Waals surface area contributed by atoms with Gasteiger partial charge >= 0.3 is 6.09 Å². The summed E-state index contributed by atoms with van der Waals surface area (Å²) in [5.74, 6) is 0.597. The SMILES string of the molecule is COc1cc(C2=CC(C(C)(C)C)=NCC2)ccc1NC(=O)OCc1ccccc1. The molecule has 0 saturated heterocycles. The van der Waals surface area contributed by atoms with Crippen molar-refractivity contribution in [2.24, 2.45) is 10.4 Å². The minimum absolute atomic E-state index is 0.0137. The van der Waals surface area contributed by atoms with Gasteiger partial charge in [-0.25, -0.2) is 4.79 Å². The number of rotatable bonds is 5. The van der Waals surface area contributed by atoms with E-state index in [1.165, 1.54) is 5.57 Å². The molecule has 1 amide bonds. The molecule has 0 unspecified atom stereocenters. The monoisotopic (exact) mass is 392 g/mol. The maximum atomic E-state index is 12.2. The number of hydrogen-bond donors (Lipinski definition) is 1. The highest BCUT2D eigenvalue weighted by Gasteiger charge is 2.21. The molecule has 3 rings (SSSR count). The highest BCUT2D eigenvalue weighted by Crippen LogP contribution is 2.32. The number of hydrogen-bond acceptors (Lipinski definition) is 4. The second kappa shape index (κ2) is 8.95. The minimum Gasteiger partial charge on any atom is -0.495 e. The summed E-state index contributed by atoms with van der Waals surface area (Å²) >= 11 is 0. The Labute approximate surface area is 172 Å². The van der Waals surface area contributed by atoms with Gasteiger partial charge in [0.1, 0.15) is 12.4 Å². The summed E-state index contributed by atoms with van der Waals surface area (Å²) in [6.07, 6.45) is 2.53. The molecule has 2 aromatic carbocycles. The fourth-order valence-corrected chi connectivity index (χ4v) is 3.12. The molecule has 0 radical (unpaired) electrons. The highest BCUT2D eigenvalue weighted by atomic mass is 16.5. The van der Waals surface area contributed by atoms with Crippen molar-refractivity contribution in [3.63, 3.8) is 0 Å². The third-order valence-corrected chi connectivity index (χ3v) is 4.76. The van der Waals surface area contributed by atoms with Crippen LogP contribution in [0.25, 0.3) is 5.57 Å². The Balaban J connectivity index is 1.71. The average molecular weight is 392 g/mol. The molecule has 29 heavy (non-hydrogen) atoms. The van der Waals surface area contributed by atoms with Gasteiger partial charge in [-0.3, -0.25) is 10.3 Å². The van der Waals surface area contributed by atoms with E-state index >= 15 is 0 Å². The number of benzene rings is 2. The van der Waals surface area contributed by atoms with Gasteiger partial charge in [-0.1, -0.05) is 57.2 Å². The molecule has 1 heterocycles. The van der Waals surface area contributed by atoms with Gasteiger partial charge in [0.25, 0.3) is 0 Å². The summed E-state index contributed by atoms with van der Waals surface area (Å²) in [6.45, 7) is 7.50. The Morgan fingerprint density at radius 3 is 2.59 bits per heavy atom. The third kappa shape index (κ3) is 5.47. The van der Waals surface area contributed by atoms with Gasteiger partial charge in [-0.2, -0.15) is 0 Å². The lowest BCUT2D eigenvalue weighted by Gasteiger charge is -2.24. The van der Waals surface area contributed by atoms with Crippen LogP contribution in [0.4, 0.5) is 10.5 Å². The van der Waals surface area contributed by atoms with Crippen molar-refractivity contribution < 1.29 is 14.3 Å². The second-order valence-corrected chi connectivity index (χ2v) is 8.04. The number of anilines is 1. The molecule has 0 spiro atoms. The Morgan fingerprint density at radius 2 is 1.90 bits per heavy atom. The van der Waals surface area contributed by atoms with Crippen LogP contribution in [0.3, 0.4) is 0 Å². The standard InChI is InChI=1S/C24H28N2O3/c1-24(2,3)22-15-19(12-13-25-22)18-10-11-20(21(14-18)28-4)26-23(27)29-16-17-8-6-5-7-9-17/h5-11,14-15H,12-13,16H2,1-4H3,(H,26,27). The largest absolute Gasteiger partial charge is 0.495 e. The Hall–Kier alpha value is -3.08. The van der Waals surface area contributed by atoms with Crippen molar-refractivity contribution >= 4 is 23.1 Å². The Morgan fingerprint density at radius 1 is 1.14 bits per heavy atom. The molecule has 0 saturated carbocycles. The van der Waals surface area contributed by atoms with Crippen molar-refractivity contribution in [3.8, 4) is 5.75 Å². The highest BCUT2D eigenvalue weighted by molar-refractivity contribution is 6.05. The van der Waals surface area contributed by atoms with Crippen LogP contribution in [-0.2, 0) is 11.3 Å². The summed E-state index contributed by atoms with van der Waals surface area (Å²) in [5.41, 5.74) is 4.92. The van der Waals surface area contributed by atoms with E-state index in [1.807, 2.05) is 48.5 Å². The summed E-state index contributed by atoms with van der Waals surface area (Å²) < 4.78 is 10.8. The zero-order chi connectivity index (χ0) is 20.9. The third-order valence-electron chi connectivity index (χ3n) is 4.76. The van der Waals surface area contributed by atoms with Crippen molar-refractivity contribution in [1.82, 2.24) is 0 Å². The van der Waals surface area contributed by atoms with E-state index in [9.17, 15) is 4.79 Å². The van der Waals surface area contributed by atoms with E-state index in [1.54, 1.807) is 7.11 Å². The topological polar surface area (TPSA) is 59.9 Å². The van der Waals surface area contributed by atoms with Crippen LogP contribution < -0.4 is 10.1 Å². The number of aliphatic imine (C=N–C) groups is 1. The number of carbonyl (C=O) groups excluding carboxylic acids is 1. The van der Waals surface area contributed by atoms with Gasteiger partial charge in [0.2, 0.25) is 0 Å². The molecular formula is C24H28N2O3. The lowest BCUT2D eigenvalue weighted by Crippen LogP contribution is -2.21. The average Bonchev–Trinajstić information content (AvgIpc) is 2.73. The summed E-state index contributed by atoms with van der Waals surface area (Å²) in [6, 6.07) is 15.4. The maximum absolute atomic E-state index is 12.2. The van der Waals surface area contributed by atoms with E-state index in [0.717, 1.165) is 29.8 Å². The first-order chi connectivity index (χ1) is 13.9. The van der Waals surface area contributed by atoms with E-state index in [4.69, 9.17) is 9.47 Å². The molecule has 0 fully saturated rings. The van der Waals surface area contributed by atoms with Crippen molar-refractivity contribution in [2.45, 2.75) is 33.8 Å². The summed E-state index contributed by atoms with van der Waals surface area (Å²) in [4.78, 5) is 16.8. The first-order valence-electron chi connectivity index (χ1n) is 9.78. The molecule has 1 aliphatic rings. The normalized spacial score (nSPS) is 13.9. The van der Waals surface area contributed by atoms with E-state index in [-0.39, 0.29) is 12.0 Å². The molecule has 0 bridgehead atoms. The maximum Gasteiger partial charge on any atom is 0.412 e. The predicted octanol–water partition coefficient (Wildman–Crippen LogP) is 5.72. The summed E-state index contributed by atoms with van der Waals surface area (Å²) in [7, 11) is 1.59. The van der Waals surface area contributed by atoms with Crippen LogP contribution in [0.1, 0.15) is 38.3 Å². The lowest BCUT2D eigenvalue weighted by atomic mass is 9.85. The van der Waals surface area contributed by atoms with E-state index in [0.29, 0.717) is 11.4 Å². The van der Waals surface area contributed by atoms with Crippen molar-refractivity contribution in [2.75, 3.05) is 19.0 Å². The molecule has 0 atom stereocenters. The van der Waals surface area contributed by atoms with E-state index < -0.39 is 6.09 Å². The zero-order valence-electron chi connectivity index (χ0n) is 17.5. The number of carbonyl (C=O) groups is 1. The predicted molar refractivity (Wildman–Crippen MR) is 118 cm³/mol. The van der Waals surface area contributed by atoms with Gasteiger partial charge < -0.3 is 9.47 Å². The molecule has 1 N–H and O–H groups in total. The van der Waals surface area contributed by atoms with Crippen LogP contribution in [0.15, 0.2) is 59.6 Å². The summed E-state index contributed by atoms with van der Waals surface area (Å²) in [5, 5.41) is 2.77. The molecule has 5 nitrogen and oxygen atoms in total.